The fourth-order valence-corrected chi connectivity index (χ4v) is 1.85. The maximum absolute atomic E-state index is 12.3. The number of aromatic nitrogens is 2. The van der Waals surface area contributed by atoms with Gasteiger partial charge in [-0.25, -0.2) is 4.68 Å². The smallest absolute Gasteiger partial charge is 0.280 e. The molecule has 0 aliphatic rings. The average Bonchev–Trinajstić information content (AvgIpc) is 2.80. The summed E-state index contributed by atoms with van der Waals surface area (Å²) in [5.74, 6) is -0.551. The van der Waals surface area contributed by atoms with E-state index in [1.807, 2.05) is 52.8 Å². The van der Waals surface area contributed by atoms with Crippen LogP contribution in [0.3, 0.4) is 0 Å². The second-order valence-electron chi connectivity index (χ2n) is 4.61. The predicted molar refractivity (Wildman–Crippen MR) is 130 cm³/mol. The summed E-state index contributed by atoms with van der Waals surface area (Å²) < 4.78 is 1.44. The minimum Gasteiger partial charge on any atom is -0.320 e. The normalized spacial score (nSPS) is 9.69. The van der Waals surface area contributed by atoms with Crippen LogP contribution in [0.1, 0.15) is 45.1 Å². The molecule has 0 saturated heterocycles. The minimum atomic E-state index is -0.551. The molecule has 2 aromatic rings. The largest absolute Gasteiger partial charge is 0.320 e. The third-order valence-corrected chi connectivity index (χ3v) is 2.99. The first-order valence-corrected chi connectivity index (χ1v) is 10.4. The lowest BCUT2D eigenvalue weighted by atomic mass is 10.3. The summed E-state index contributed by atoms with van der Waals surface area (Å²) in [5, 5.41) is 6.76. The van der Waals surface area contributed by atoms with E-state index >= 15 is 0 Å². The number of hydrogen-bond donors (Lipinski definition) is 2. The molecule has 158 valence electrons. The van der Waals surface area contributed by atoms with E-state index in [2.05, 4.69) is 29.6 Å². The number of thiol groups is 1. The van der Waals surface area contributed by atoms with E-state index in [4.69, 9.17) is 0 Å². The summed E-state index contributed by atoms with van der Waals surface area (Å²) in [6, 6.07) is 10.2. The number of carbonyl (C=O) groups excluding carboxylic acids is 1. The van der Waals surface area contributed by atoms with Gasteiger partial charge < -0.3 is 5.32 Å². The predicted octanol–water partition coefficient (Wildman–Crippen LogP) is 5.70. The molecule has 0 aliphatic heterocycles. The molecule has 29 heavy (non-hydrogen) atoms. The average molecular weight is 416 g/mol. The third-order valence-electron chi connectivity index (χ3n) is 2.99. The van der Waals surface area contributed by atoms with Crippen molar-refractivity contribution in [2.24, 2.45) is 0 Å². The molecule has 1 aromatic carbocycles. The maximum atomic E-state index is 12.3. The molecule has 0 saturated carbocycles. The Morgan fingerprint density at radius 1 is 1.10 bits per heavy atom. The molecule has 1 amide bonds. The van der Waals surface area contributed by atoms with Crippen molar-refractivity contribution < 1.29 is 4.79 Å². The zero-order valence-corrected chi connectivity index (χ0v) is 19.1. The highest BCUT2D eigenvalue weighted by Gasteiger charge is 2.13. The van der Waals surface area contributed by atoms with Crippen molar-refractivity contribution >= 4 is 29.9 Å². The van der Waals surface area contributed by atoms with Crippen molar-refractivity contribution in [2.45, 2.75) is 34.6 Å². The standard InChI is InChI=1S/C18H17N3O2.2C2H6.CH4S/c1-3-5-11-15(4-2)21-13-12-16(22)17(20-21)18(23)19-14-9-7-6-8-10-14;3*1-2/h3-13H,2H2,1H3,(H,19,23);2*1-2H3;2H,1H3/b5-3-,15-11+;;;. The van der Waals surface area contributed by atoms with Crippen LogP contribution in [0.15, 0.2) is 78.3 Å². The molecule has 5 nitrogen and oxygen atoms in total. The second-order valence-corrected chi connectivity index (χ2v) is 4.61. The SMILES string of the molecule is C=C/C(=C\C=C/C)n1ccc(=O)c(C(=O)Nc2ccccc2)n1.CC.CC.CS. The van der Waals surface area contributed by atoms with Crippen LogP contribution in [-0.4, -0.2) is 21.9 Å². The number of nitrogens with zero attached hydrogens (tertiary/aromatic N) is 2. The van der Waals surface area contributed by atoms with Gasteiger partial charge in [-0.05, 0) is 37.5 Å². The Morgan fingerprint density at radius 2 is 1.69 bits per heavy atom. The first kappa shape index (κ1) is 28.4. The lowest BCUT2D eigenvalue weighted by Gasteiger charge is -2.08. The van der Waals surface area contributed by atoms with E-state index in [-0.39, 0.29) is 5.69 Å². The van der Waals surface area contributed by atoms with Gasteiger partial charge in [0.2, 0.25) is 5.43 Å². The summed E-state index contributed by atoms with van der Waals surface area (Å²) in [6.45, 7) is 13.6. The Bertz CT molecular complexity index is 826. The molecule has 2 rings (SSSR count). The van der Waals surface area contributed by atoms with Crippen LogP contribution in [0.25, 0.3) is 5.70 Å². The van der Waals surface area contributed by atoms with Gasteiger partial charge in [0.05, 0.1) is 5.70 Å². The zero-order valence-electron chi connectivity index (χ0n) is 18.2. The number of nitrogens with one attached hydrogen (secondary N) is 1. The van der Waals surface area contributed by atoms with Gasteiger partial charge in [0.15, 0.2) is 5.69 Å². The Kier molecular flexibility index (Phi) is 18.1. The topological polar surface area (TPSA) is 64.0 Å². The van der Waals surface area contributed by atoms with E-state index in [1.54, 1.807) is 42.7 Å². The van der Waals surface area contributed by atoms with Gasteiger partial charge in [0.25, 0.3) is 5.91 Å². The van der Waals surface area contributed by atoms with Crippen LogP contribution in [0, 0.1) is 0 Å². The van der Waals surface area contributed by atoms with Crippen LogP contribution in [0.5, 0.6) is 0 Å². The second kappa shape index (κ2) is 18.5. The van der Waals surface area contributed by atoms with Gasteiger partial charge in [0, 0.05) is 18.0 Å². The van der Waals surface area contributed by atoms with E-state index in [0.717, 1.165) is 0 Å². The maximum Gasteiger partial charge on any atom is 0.280 e. The number of amides is 1. The van der Waals surface area contributed by atoms with Gasteiger partial charge in [0.1, 0.15) is 0 Å². The number of allylic oxidation sites excluding steroid dienone is 5. The third kappa shape index (κ3) is 10.3. The van der Waals surface area contributed by atoms with Crippen LogP contribution < -0.4 is 10.7 Å². The minimum absolute atomic E-state index is 0.176. The number of carbonyl (C=O) groups is 1. The number of benzene rings is 1. The Balaban J connectivity index is 0. The highest BCUT2D eigenvalue weighted by Crippen LogP contribution is 2.07. The molecule has 0 radical (unpaired) electrons. The van der Waals surface area contributed by atoms with E-state index < -0.39 is 11.3 Å². The van der Waals surface area contributed by atoms with Gasteiger partial charge in [-0.2, -0.15) is 17.7 Å². The summed E-state index contributed by atoms with van der Waals surface area (Å²) in [7, 11) is 0. The molecule has 0 bridgehead atoms. The van der Waals surface area contributed by atoms with E-state index in [9.17, 15) is 9.59 Å². The first-order valence-electron chi connectivity index (χ1n) is 9.52. The number of para-hydroxylation sites is 1. The Labute approximate surface area is 180 Å². The number of rotatable bonds is 5. The van der Waals surface area contributed by atoms with E-state index in [0.29, 0.717) is 11.4 Å². The molecule has 0 atom stereocenters. The molecule has 0 aliphatic carbocycles. The molecule has 1 aromatic heterocycles. The number of anilines is 1. The Hall–Kier alpha value is -2.86. The summed E-state index contributed by atoms with van der Waals surface area (Å²) in [5.41, 5.74) is 0.632. The van der Waals surface area contributed by atoms with Gasteiger partial charge in [-0.1, -0.05) is 64.6 Å². The zero-order chi connectivity index (χ0) is 22.7. The van der Waals surface area contributed by atoms with Crippen LogP contribution >= 0.6 is 12.6 Å². The van der Waals surface area contributed by atoms with Crippen molar-refractivity contribution in [3.63, 3.8) is 0 Å². The molecule has 0 unspecified atom stereocenters. The summed E-state index contributed by atoms with van der Waals surface area (Å²) in [4.78, 5) is 24.2. The molecule has 0 spiro atoms. The van der Waals surface area contributed by atoms with Crippen LogP contribution in [0.2, 0.25) is 0 Å². The van der Waals surface area contributed by atoms with Gasteiger partial charge in [-0.3, -0.25) is 9.59 Å². The fourth-order valence-electron chi connectivity index (χ4n) is 1.85. The highest BCUT2D eigenvalue weighted by molar-refractivity contribution is 7.79. The van der Waals surface area contributed by atoms with Crippen molar-refractivity contribution in [3.8, 4) is 0 Å². The molecular weight excluding hydrogens is 382 g/mol. The fraction of sp³-hybridized carbons (Fsp3) is 0.261. The van der Waals surface area contributed by atoms with Crippen LogP contribution in [0.4, 0.5) is 5.69 Å². The lowest BCUT2D eigenvalue weighted by molar-refractivity contribution is 0.101. The molecule has 1 heterocycles. The first-order chi connectivity index (χ1) is 14.2. The van der Waals surface area contributed by atoms with Crippen molar-refractivity contribution in [1.82, 2.24) is 9.78 Å². The quantitative estimate of drug-likeness (QED) is 0.486. The molecule has 0 fully saturated rings. The van der Waals surface area contributed by atoms with E-state index in [1.165, 1.54) is 16.9 Å². The summed E-state index contributed by atoms with van der Waals surface area (Å²) >= 11 is 3.53. The number of hydrogen-bond acceptors (Lipinski definition) is 4. The molecular formula is C23H33N3O2S. The molecule has 1 N–H and O–H groups in total. The van der Waals surface area contributed by atoms with Crippen molar-refractivity contribution in [1.29, 1.82) is 0 Å². The van der Waals surface area contributed by atoms with Gasteiger partial charge >= 0.3 is 0 Å². The van der Waals surface area contributed by atoms with Crippen LogP contribution in [-0.2, 0) is 0 Å². The highest BCUT2D eigenvalue weighted by atomic mass is 32.1. The van der Waals surface area contributed by atoms with Crippen molar-refractivity contribution in [3.05, 3.63) is 89.4 Å². The van der Waals surface area contributed by atoms with Gasteiger partial charge in [-0.15, -0.1) is 0 Å². The summed E-state index contributed by atoms with van der Waals surface area (Å²) in [6.07, 6.45) is 10.2. The molecule has 6 heteroatoms. The van der Waals surface area contributed by atoms with Crippen molar-refractivity contribution in [2.75, 3.05) is 11.6 Å². The monoisotopic (exact) mass is 415 g/mol. The Morgan fingerprint density at radius 3 is 2.21 bits per heavy atom. The lowest BCUT2D eigenvalue weighted by Crippen LogP contribution is -2.25.